The SMILES string of the molecule is Cc1ccc(-n2nnnc2S[C@H](C)C(=O)c2ccc(C(C)(C)C)cc2)cc1C. The van der Waals surface area contributed by atoms with Gasteiger partial charge in [0.05, 0.1) is 10.9 Å². The molecule has 28 heavy (non-hydrogen) atoms. The van der Waals surface area contributed by atoms with E-state index in [9.17, 15) is 4.79 Å². The van der Waals surface area contributed by atoms with Crippen molar-refractivity contribution in [3.05, 3.63) is 64.7 Å². The molecular formula is C22H26N4OS. The Bertz CT molecular complexity index is 987. The average Bonchev–Trinajstić information content (AvgIpc) is 3.11. The molecule has 0 N–H and O–H groups in total. The maximum Gasteiger partial charge on any atom is 0.214 e. The molecule has 1 heterocycles. The van der Waals surface area contributed by atoms with Crippen LogP contribution in [0.1, 0.15) is 54.7 Å². The molecule has 0 bridgehead atoms. The molecule has 0 unspecified atom stereocenters. The van der Waals surface area contributed by atoms with Crippen LogP contribution >= 0.6 is 11.8 Å². The van der Waals surface area contributed by atoms with Gasteiger partial charge in [0, 0.05) is 5.56 Å². The molecule has 0 saturated carbocycles. The molecule has 0 amide bonds. The Morgan fingerprint density at radius 2 is 1.71 bits per heavy atom. The predicted molar refractivity (Wildman–Crippen MR) is 113 cm³/mol. The van der Waals surface area contributed by atoms with Crippen molar-refractivity contribution in [1.29, 1.82) is 0 Å². The highest BCUT2D eigenvalue weighted by Crippen LogP contribution is 2.27. The van der Waals surface area contributed by atoms with E-state index in [1.54, 1.807) is 4.68 Å². The normalized spacial score (nSPS) is 12.8. The summed E-state index contributed by atoms with van der Waals surface area (Å²) in [6, 6.07) is 14.0. The molecule has 0 fully saturated rings. The lowest BCUT2D eigenvalue weighted by molar-refractivity contribution is 0.0994. The Kier molecular flexibility index (Phi) is 5.70. The van der Waals surface area contributed by atoms with E-state index < -0.39 is 0 Å². The van der Waals surface area contributed by atoms with Crippen LogP contribution in [0.15, 0.2) is 47.6 Å². The minimum absolute atomic E-state index is 0.0657. The maximum absolute atomic E-state index is 12.9. The van der Waals surface area contributed by atoms with Crippen LogP contribution in [0.25, 0.3) is 5.69 Å². The lowest BCUT2D eigenvalue weighted by atomic mass is 9.86. The second-order valence-electron chi connectivity index (χ2n) is 8.09. The number of hydrogen-bond donors (Lipinski definition) is 0. The Balaban J connectivity index is 1.78. The van der Waals surface area contributed by atoms with Crippen molar-refractivity contribution in [3.8, 4) is 5.69 Å². The van der Waals surface area contributed by atoms with Gasteiger partial charge in [-0.25, -0.2) is 0 Å². The summed E-state index contributed by atoms with van der Waals surface area (Å²) in [4.78, 5) is 12.9. The third kappa shape index (κ3) is 4.33. The number of Topliss-reactive ketones (excluding diaryl/α,β-unsaturated/α-hetero) is 1. The fourth-order valence-corrected chi connectivity index (χ4v) is 3.74. The molecular weight excluding hydrogens is 368 g/mol. The van der Waals surface area contributed by atoms with Gasteiger partial charge in [-0.15, -0.1) is 5.10 Å². The summed E-state index contributed by atoms with van der Waals surface area (Å²) in [5.41, 5.74) is 5.27. The van der Waals surface area contributed by atoms with E-state index in [0.717, 1.165) is 5.69 Å². The second kappa shape index (κ2) is 7.87. The zero-order valence-electron chi connectivity index (χ0n) is 17.2. The summed E-state index contributed by atoms with van der Waals surface area (Å²) in [7, 11) is 0. The van der Waals surface area contributed by atoms with Gasteiger partial charge >= 0.3 is 0 Å². The van der Waals surface area contributed by atoms with E-state index >= 15 is 0 Å². The van der Waals surface area contributed by atoms with E-state index in [2.05, 4.69) is 50.1 Å². The van der Waals surface area contributed by atoms with Crippen molar-refractivity contribution in [2.45, 2.75) is 57.4 Å². The molecule has 3 aromatic rings. The van der Waals surface area contributed by atoms with Gasteiger partial charge < -0.3 is 0 Å². The molecule has 0 spiro atoms. The molecule has 0 aliphatic heterocycles. The van der Waals surface area contributed by atoms with Crippen molar-refractivity contribution in [1.82, 2.24) is 20.2 Å². The Morgan fingerprint density at radius 1 is 1.04 bits per heavy atom. The molecule has 5 nitrogen and oxygen atoms in total. The largest absolute Gasteiger partial charge is 0.293 e. The monoisotopic (exact) mass is 394 g/mol. The molecule has 3 rings (SSSR count). The van der Waals surface area contributed by atoms with Gasteiger partial charge in [0.15, 0.2) is 5.78 Å². The van der Waals surface area contributed by atoms with Crippen molar-refractivity contribution < 1.29 is 4.79 Å². The van der Waals surface area contributed by atoms with Gasteiger partial charge in [-0.1, -0.05) is 62.9 Å². The number of aryl methyl sites for hydroxylation is 2. The number of nitrogens with zero attached hydrogens (tertiary/aromatic N) is 4. The van der Waals surface area contributed by atoms with E-state index in [0.29, 0.717) is 10.7 Å². The number of rotatable bonds is 5. The Labute approximate surface area is 170 Å². The highest BCUT2D eigenvalue weighted by Gasteiger charge is 2.21. The van der Waals surface area contributed by atoms with Crippen LogP contribution in [-0.4, -0.2) is 31.2 Å². The minimum atomic E-state index is -0.295. The number of thioether (sulfide) groups is 1. The maximum atomic E-state index is 12.9. The molecule has 2 aromatic carbocycles. The summed E-state index contributed by atoms with van der Waals surface area (Å²) >= 11 is 1.37. The zero-order chi connectivity index (χ0) is 20.5. The Morgan fingerprint density at radius 3 is 2.32 bits per heavy atom. The molecule has 1 atom stereocenters. The number of hydrogen-bond acceptors (Lipinski definition) is 5. The third-order valence-electron chi connectivity index (χ3n) is 4.86. The van der Waals surface area contributed by atoms with Gasteiger partial charge in [0.1, 0.15) is 0 Å². The van der Waals surface area contributed by atoms with Gasteiger partial charge in [-0.3, -0.25) is 4.79 Å². The van der Waals surface area contributed by atoms with Crippen molar-refractivity contribution in [2.24, 2.45) is 0 Å². The molecule has 0 aliphatic carbocycles. The summed E-state index contributed by atoms with van der Waals surface area (Å²) in [6.07, 6.45) is 0. The van der Waals surface area contributed by atoms with Crippen LogP contribution in [0.4, 0.5) is 0 Å². The summed E-state index contributed by atoms with van der Waals surface area (Å²) in [5, 5.41) is 12.3. The Hall–Kier alpha value is -2.47. The number of carbonyl (C=O) groups is 1. The number of ketones is 1. The average molecular weight is 395 g/mol. The standard InChI is InChI=1S/C22H26N4OS/c1-14-7-12-19(13-15(14)2)26-21(23-24-25-26)28-16(3)20(27)17-8-10-18(11-9-17)22(4,5)6/h7-13,16H,1-6H3/t16-/m1/s1. The van der Waals surface area contributed by atoms with Crippen molar-refractivity contribution in [3.63, 3.8) is 0 Å². The first-order valence-corrected chi connectivity index (χ1v) is 10.2. The molecule has 0 radical (unpaired) electrons. The van der Waals surface area contributed by atoms with Gasteiger partial charge in [-0.2, -0.15) is 4.68 Å². The summed E-state index contributed by atoms with van der Waals surface area (Å²) < 4.78 is 1.68. The van der Waals surface area contributed by atoms with Crippen LogP contribution in [0.2, 0.25) is 0 Å². The van der Waals surface area contributed by atoms with E-state index in [-0.39, 0.29) is 16.4 Å². The lowest BCUT2D eigenvalue weighted by Crippen LogP contribution is -2.16. The predicted octanol–water partition coefficient (Wildman–Crippen LogP) is 4.94. The second-order valence-corrected chi connectivity index (χ2v) is 9.40. The van der Waals surface area contributed by atoms with E-state index in [1.165, 1.54) is 28.5 Å². The zero-order valence-corrected chi connectivity index (χ0v) is 18.0. The van der Waals surface area contributed by atoms with Gasteiger partial charge in [0.25, 0.3) is 0 Å². The van der Waals surface area contributed by atoms with E-state index in [4.69, 9.17) is 0 Å². The summed E-state index contributed by atoms with van der Waals surface area (Å²) in [5.74, 6) is 0.0695. The first-order chi connectivity index (χ1) is 13.2. The van der Waals surface area contributed by atoms with Crippen molar-refractivity contribution in [2.75, 3.05) is 0 Å². The quantitative estimate of drug-likeness (QED) is 0.453. The van der Waals surface area contributed by atoms with Crippen LogP contribution in [-0.2, 0) is 5.41 Å². The van der Waals surface area contributed by atoms with Crippen LogP contribution in [0.5, 0.6) is 0 Å². The lowest BCUT2D eigenvalue weighted by Gasteiger charge is -2.19. The smallest absolute Gasteiger partial charge is 0.214 e. The highest BCUT2D eigenvalue weighted by molar-refractivity contribution is 8.00. The van der Waals surface area contributed by atoms with Crippen LogP contribution in [0, 0.1) is 13.8 Å². The number of benzene rings is 2. The number of aromatic nitrogens is 4. The topological polar surface area (TPSA) is 60.7 Å². The molecule has 6 heteroatoms. The third-order valence-corrected chi connectivity index (χ3v) is 5.90. The van der Waals surface area contributed by atoms with E-state index in [1.807, 2.05) is 49.4 Å². The molecule has 1 aromatic heterocycles. The molecule has 0 saturated heterocycles. The number of tetrazole rings is 1. The van der Waals surface area contributed by atoms with Gasteiger partial charge in [0.2, 0.25) is 5.16 Å². The van der Waals surface area contributed by atoms with Crippen LogP contribution in [0.3, 0.4) is 0 Å². The molecule has 146 valence electrons. The number of carbonyl (C=O) groups excluding carboxylic acids is 1. The van der Waals surface area contributed by atoms with Gasteiger partial charge in [-0.05, 0) is 65.4 Å². The fourth-order valence-electron chi connectivity index (χ4n) is 2.85. The van der Waals surface area contributed by atoms with Crippen LogP contribution < -0.4 is 0 Å². The highest BCUT2D eigenvalue weighted by atomic mass is 32.2. The first-order valence-electron chi connectivity index (χ1n) is 9.34. The molecule has 0 aliphatic rings. The fraction of sp³-hybridized carbons (Fsp3) is 0.364. The first kappa shape index (κ1) is 20.3. The van der Waals surface area contributed by atoms with Crippen molar-refractivity contribution >= 4 is 17.5 Å². The summed E-state index contributed by atoms with van der Waals surface area (Å²) in [6.45, 7) is 12.5. The minimum Gasteiger partial charge on any atom is -0.293 e.